The van der Waals surface area contributed by atoms with Crippen molar-refractivity contribution in [2.45, 2.75) is 6.92 Å². The molecule has 2 rings (SSSR count). The normalized spacial score (nSPS) is 10.5. The zero-order chi connectivity index (χ0) is 12.6. The molecule has 0 radical (unpaired) electrons. The molecule has 0 unspecified atom stereocenters. The molecule has 17 heavy (non-hydrogen) atoms. The van der Waals surface area contributed by atoms with Crippen LogP contribution in [0.5, 0.6) is 0 Å². The Morgan fingerprint density at radius 2 is 2.18 bits per heavy atom. The summed E-state index contributed by atoms with van der Waals surface area (Å²) in [6.07, 6.45) is 0. The molecule has 88 valence electrons. The Hall–Kier alpha value is -2.22. The van der Waals surface area contributed by atoms with Crippen LogP contribution < -0.4 is 5.73 Å². The predicted octanol–water partition coefficient (Wildman–Crippen LogP) is 1.11. The fourth-order valence-corrected chi connectivity index (χ4v) is 1.46. The summed E-state index contributed by atoms with van der Waals surface area (Å²) in [7, 11) is 0. The van der Waals surface area contributed by atoms with Gasteiger partial charge in [-0.1, -0.05) is 11.6 Å². The van der Waals surface area contributed by atoms with Gasteiger partial charge in [0.25, 0.3) is 0 Å². The predicted molar refractivity (Wildman–Crippen MR) is 60.0 cm³/mol. The molecule has 0 atom stereocenters. The van der Waals surface area contributed by atoms with Gasteiger partial charge < -0.3 is 5.73 Å². The summed E-state index contributed by atoms with van der Waals surface area (Å²) in [5, 5.41) is 22.3. The van der Waals surface area contributed by atoms with Gasteiger partial charge in [0, 0.05) is 0 Å². The lowest BCUT2D eigenvalue weighted by Gasteiger charge is -2.00. The molecule has 0 saturated heterocycles. The number of nitrogens with zero attached hydrogens (tertiary/aromatic N) is 5. The summed E-state index contributed by atoms with van der Waals surface area (Å²) in [6, 6.07) is 3.01. The maximum Gasteiger partial charge on any atom is 0.333 e. The van der Waals surface area contributed by atoms with Gasteiger partial charge in [0.1, 0.15) is 5.69 Å². The SMILES string of the molecule is Cc1nn(-c2ccc(Cl)nn2)c(N)c1[N+](=O)[O-]. The molecule has 2 heterocycles. The lowest BCUT2D eigenvalue weighted by atomic mass is 10.4. The number of nitrogen functional groups attached to an aromatic ring is 1. The molecule has 0 aliphatic rings. The van der Waals surface area contributed by atoms with Crippen LogP contribution in [0.4, 0.5) is 11.5 Å². The van der Waals surface area contributed by atoms with Gasteiger partial charge in [0.05, 0.1) is 4.92 Å². The Labute approximate surface area is 100 Å². The topological polar surface area (TPSA) is 113 Å². The highest BCUT2D eigenvalue weighted by Gasteiger charge is 2.24. The number of nitrogens with two attached hydrogens (primary N) is 1. The third-order valence-electron chi connectivity index (χ3n) is 2.08. The van der Waals surface area contributed by atoms with Crippen LogP contribution in [0.1, 0.15) is 5.69 Å². The molecule has 0 aliphatic carbocycles. The maximum atomic E-state index is 10.8. The zero-order valence-corrected chi connectivity index (χ0v) is 9.42. The standard InChI is InChI=1S/C8H7ClN6O2/c1-4-7(15(16)17)8(10)14(13-4)6-3-2-5(9)11-12-6/h2-3H,10H2,1H3. The van der Waals surface area contributed by atoms with Gasteiger partial charge in [-0.15, -0.1) is 10.2 Å². The highest BCUT2D eigenvalue weighted by molar-refractivity contribution is 6.29. The summed E-state index contributed by atoms with van der Waals surface area (Å²) >= 11 is 5.58. The summed E-state index contributed by atoms with van der Waals surface area (Å²) < 4.78 is 1.15. The Bertz CT molecular complexity index is 578. The average molecular weight is 255 g/mol. The lowest BCUT2D eigenvalue weighted by Crippen LogP contribution is -2.05. The van der Waals surface area contributed by atoms with Crippen LogP contribution in [0.15, 0.2) is 12.1 Å². The minimum Gasteiger partial charge on any atom is -0.378 e. The van der Waals surface area contributed by atoms with E-state index in [1.54, 1.807) is 0 Å². The number of hydrogen-bond acceptors (Lipinski definition) is 6. The number of aryl methyl sites for hydroxylation is 1. The van der Waals surface area contributed by atoms with Crippen molar-refractivity contribution in [1.29, 1.82) is 0 Å². The van der Waals surface area contributed by atoms with Crippen LogP contribution >= 0.6 is 11.6 Å². The molecule has 0 bridgehead atoms. The highest BCUT2D eigenvalue weighted by atomic mass is 35.5. The molecule has 2 aromatic heterocycles. The van der Waals surface area contributed by atoms with Crippen molar-refractivity contribution in [1.82, 2.24) is 20.0 Å². The quantitative estimate of drug-likeness (QED) is 0.634. The number of halogens is 1. The fraction of sp³-hybridized carbons (Fsp3) is 0.125. The first-order valence-corrected chi connectivity index (χ1v) is 4.87. The van der Waals surface area contributed by atoms with Gasteiger partial charge in [-0.05, 0) is 19.1 Å². The molecule has 0 fully saturated rings. The monoisotopic (exact) mass is 254 g/mol. The third-order valence-corrected chi connectivity index (χ3v) is 2.28. The molecule has 0 amide bonds. The van der Waals surface area contributed by atoms with Gasteiger partial charge >= 0.3 is 5.69 Å². The summed E-state index contributed by atoms with van der Waals surface area (Å²) in [6.45, 7) is 1.49. The number of nitro groups is 1. The van der Waals surface area contributed by atoms with Crippen molar-refractivity contribution in [3.05, 3.63) is 33.1 Å². The molecule has 0 saturated carbocycles. The van der Waals surface area contributed by atoms with Crippen molar-refractivity contribution in [2.24, 2.45) is 0 Å². The molecule has 0 spiro atoms. The Morgan fingerprint density at radius 3 is 2.65 bits per heavy atom. The van der Waals surface area contributed by atoms with E-state index in [9.17, 15) is 10.1 Å². The van der Waals surface area contributed by atoms with E-state index >= 15 is 0 Å². The molecule has 2 aromatic rings. The highest BCUT2D eigenvalue weighted by Crippen LogP contribution is 2.26. The Morgan fingerprint density at radius 1 is 1.47 bits per heavy atom. The lowest BCUT2D eigenvalue weighted by molar-refractivity contribution is -0.384. The first-order chi connectivity index (χ1) is 8.00. The van der Waals surface area contributed by atoms with Crippen molar-refractivity contribution in [2.75, 3.05) is 5.73 Å². The Kier molecular flexibility index (Phi) is 2.64. The molecule has 0 aromatic carbocycles. The van der Waals surface area contributed by atoms with Crippen molar-refractivity contribution in [3.63, 3.8) is 0 Å². The van der Waals surface area contributed by atoms with Crippen LogP contribution in [0.3, 0.4) is 0 Å². The molecular weight excluding hydrogens is 248 g/mol. The van der Waals surface area contributed by atoms with Gasteiger partial charge in [-0.3, -0.25) is 10.1 Å². The third kappa shape index (κ3) is 1.89. The number of rotatable bonds is 2. The van der Waals surface area contributed by atoms with Crippen LogP contribution in [-0.2, 0) is 0 Å². The van der Waals surface area contributed by atoms with E-state index in [1.807, 2.05) is 0 Å². The van der Waals surface area contributed by atoms with Gasteiger partial charge in [-0.2, -0.15) is 9.78 Å². The van der Waals surface area contributed by atoms with Crippen molar-refractivity contribution < 1.29 is 4.92 Å². The van der Waals surface area contributed by atoms with Crippen molar-refractivity contribution in [3.8, 4) is 5.82 Å². The van der Waals surface area contributed by atoms with Gasteiger partial charge in [0.15, 0.2) is 11.0 Å². The number of anilines is 1. The fourth-order valence-electron chi connectivity index (χ4n) is 1.36. The molecule has 2 N–H and O–H groups in total. The summed E-state index contributed by atoms with van der Waals surface area (Å²) in [4.78, 5) is 10.2. The van der Waals surface area contributed by atoms with Gasteiger partial charge in [-0.25, -0.2) is 0 Å². The minimum atomic E-state index is -0.586. The minimum absolute atomic E-state index is 0.0934. The molecule has 8 nitrogen and oxygen atoms in total. The number of hydrogen-bond donors (Lipinski definition) is 1. The zero-order valence-electron chi connectivity index (χ0n) is 8.66. The van der Waals surface area contributed by atoms with E-state index in [2.05, 4.69) is 15.3 Å². The van der Waals surface area contributed by atoms with Crippen LogP contribution in [-0.4, -0.2) is 24.9 Å². The largest absolute Gasteiger partial charge is 0.378 e. The summed E-state index contributed by atoms with van der Waals surface area (Å²) in [5.41, 5.74) is 5.61. The van der Waals surface area contributed by atoms with Gasteiger partial charge in [0.2, 0.25) is 5.82 Å². The first-order valence-electron chi connectivity index (χ1n) is 4.50. The molecule has 9 heteroatoms. The van der Waals surface area contributed by atoms with Crippen LogP contribution in [0, 0.1) is 17.0 Å². The van der Waals surface area contributed by atoms with E-state index in [0.717, 1.165) is 4.68 Å². The number of aromatic nitrogens is 4. The van der Waals surface area contributed by atoms with E-state index < -0.39 is 4.92 Å². The van der Waals surface area contributed by atoms with E-state index in [0.29, 0.717) is 0 Å². The summed E-state index contributed by atoms with van der Waals surface area (Å²) in [5.74, 6) is 0.173. The van der Waals surface area contributed by atoms with E-state index in [-0.39, 0.29) is 28.2 Å². The second kappa shape index (κ2) is 3.98. The van der Waals surface area contributed by atoms with E-state index in [1.165, 1.54) is 19.1 Å². The molecule has 0 aliphatic heterocycles. The second-order valence-corrected chi connectivity index (χ2v) is 3.59. The second-order valence-electron chi connectivity index (χ2n) is 3.20. The maximum absolute atomic E-state index is 10.8. The first kappa shape index (κ1) is 11.3. The van der Waals surface area contributed by atoms with Crippen LogP contribution in [0.25, 0.3) is 5.82 Å². The van der Waals surface area contributed by atoms with Crippen molar-refractivity contribution >= 4 is 23.1 Å². The van der Waals surface area contributed by atoms with E-state index in [4.69, 9.17) is 17.3 Å². The smallest absolute Gasteiger partial charge is 0.333 e. The average Bonchev–Trinajstić information content (AvgIpc) is 2.55. The Balaban J connectivity index is 2.57. The van der Waals surface area contributed by atoms with Crippen LogP contribution in [0.2, 0.25) is 5.15 Å². The molecular formula is C8H7ClN6O2.